The van der Waals surface area contributed by atoms with Crippen LogP contribution in [0.5, 0.6) is 5.75 Å². The molecule has 26 heavy (non-hydrogen) atoms. The number of rotatable bonds is 7. The first-order valence-electron chi connectivity index (χ1n) is 8.59. The Hall–Kier alpha value is -1.98. The Balaban J connectivity index is 1.87. The fourth-order valence-corrected chi connectivity index (χ4v) is 4.44. The average molecular weight is 372 g/mol. The first-order valence-corrected chi connectivity index (χ1v) is 9.58. The molecule has 0 aliphatic heterocycles. The van der Waals surface area contributed by atoms with Crippen LogP contribution < -0.4 is 4.74 Å². The molecule has 4 nitrogen and oxygen atoms in total. The van der Waals surface area contributed by atoms with Crippen LogP contribution in [-0.4, -0.2) is 33.4 Å². The number of benzene rings is 2. The summed E-state index contributed by atoms with van der Waals surface area (Å²) in [6, 6.07) is 16.3. The van der Waals surface area contributed by atoms with Gasteiger partial charge in [0, 0.05) is 17.8 Å². The molecule has 0 saturated heterocycles. The lowest BCUT2D eigenvalue weighted by molar-refractivity contribution is -0.158. The van der Waals surface area contributed by atoms with Gasteiger partial charge in [0.25, 0.3) is 0 Å². The molecule has 1 aliphatic carbocycles. The number of thioether (sulfide) groups is 1. The minimum absolute atomic E-state index is 0.0941. The maximum absolute atomic E-state index is 12.5. The first-order chi connectivity index (χ1) is 12.6. The molecule has 0 bridgehead atoms. The van der Waals surface area contributed by atoms with Crippen molar-refractivity contribution in [3.8, 4) is 5.75 Å². The molecule has 5 heteroatoms. The van der Waals surface area contributed by atoms with E-state index in [0.717, 1.165) is 22.0 Å². The summed E-state index contributed by atoms with van der Waals surface area (Å²) in [4.78, 5) is 13.5. The van der Waals surface area contributed by atoms with Gasteiger partial charge in [-0.1, -0.05) is 36.4 Å². The number of carbonyl (C=O) groups excluding carboxylic acids is 1. The van der Waals surface area contributed by atoms with Crippen molar-refractivity contribution in [2.24, 2.45) is 0 Å². The van der Waals surface area contributed by atoms with Gasteiger partial charge < -0.3 is 14.2 Å². The van der Waals surface area contributed by atoms with Gasteiger partial charge in [-0.2, -0.15) is 0 Å². The van der Waals surface area contributed by atoms with E-state index in [-0.39, 0.29) is 12.1 Å². The molecule has 0 spiro atoms. The number of carbonyl (C=O) groups is 1. The Kier molecular flexibility index (Phi) is 5.89. The third-order valence-corrected chi connectivity index (χ3v) is 6.12. The topological polar surface area (TPSA) is 44.8 Å². The second-order valence-electron chi connectivity index (χ2n) is 6.48. The second-order valence-corrected chi connectivity index (χ2v) is 7.50. The molecule has 0 aromatic heterocycles. The zero-order valence-electron chi connectivity index (χ0n) is 15.4. The summed E-state index contributed by atoms with van der Waals surface area (Å²) in [6.45, 7) is 0. The Labute approximate surface area is 158 Å². The van der Waals surface area contributed by atoms with Crippen LogP contribution in [0.25, 0.3) is 0 Å². The fourth-order valence-electron chi connectivity index (χ4n) is 3.42. The van der Waals surface area contributed by atoms with Crippen LogP contribution in [0.3, 0.4) is 0 Å². The molecule has 3 rings (SSSR count). The highest BCUT2D eigenvalue weighted by Gasteiger charge is 2.53. The van der Waals surface area contributed by atoms with Crippen molar-refractivity contribution >= 4 is 17.7 Å². The fraction of sp³-hybridized carbons (Fsp3) is 0.381. The summed E-state index contributed by atoms with van der Waals surface area (Å²) < 4.78 is 16.0. The van der Waals surface area contributed by atoms with Gasteiger partial charge in [0.05, 0.1) is 25.7 Å². The second kappa shape index (κ2) is 8.14. The van der Waals surface area contributed by atoms with Crippen LogP contribution >= 0.6 is 11.8 Å². The number of ether oxygens (including phenoxy) is 3. The average Bonchev–Trinajstić information content (AvgIpc) is 2.66. The summed E-state index contributed by atoms with van der Waals surface area (Å²) in [7, 11) is 4.79. The lowest BCUT2D eigenvalue weighted by atomic mass is 9.62. The molecule has 1 fully saturated rings. The highest BCUT2D eigenvalue weighted by molar-refractivity contribution is 7.98. The summed E-state index contributed by atoms with van der Waals surface area (Å²) >= 11 is 1.71. The Bertz CT molecular complexity index is 754. The maximum atomic E-state index is 12.5. The molecule has 0 heterocycles. The molecule has 0 unspecified atom stereocenters. The van der Waals surface area contributed by atoms with Gasteiger partial charge in [-0.25, -0.2) is 0 Å². The van der Waals surface area contributed by atoms with E-state index in [9.17, 15) is 4.79 Å². The molecular formula is C21H24O4S. The predicted molar refractivity (Wildman–Crippen MR) is 103 cm³/mol. The lowest BCUT2D eigenvalue weighted by Crippen LogP contribution is -2.51. The van der Waals surface area contributed by atoms with Gasteiger partial charge in [0.2, 0.25) is 0 Å². The van der Waals surface area contributed by atoms with Crippen LogP contribution in [0.4, 0.5) is 0 Å². The highest BCUT2D eigenvalue weighted by Crippen LogP contribution is 2.48. The van der Waals surface area contributed by atoms with E-state index in [1.807, 2.05) is 30.3 Å². The van der Waals surface area contributed by atoms with Crippen LogP contribution in [0, 0.1) is 0 Å². The molecule has 138 valence electrons. The quantitative estimate of drug-likeness (QED) is 0.538. The van der Waals surface area contributed by atoms with Gasteiger partial charge in [0.1, 0.15) is 5.75 Å². The van der Waals surface area contributed by atoms with Crippen molar-refractivity contribution in [3.05, 3.63) is 59.7 Å². The molecule has 0 amide bonds. The van der Waals surface area contributed by atoms with Crippen molar-refractivity contribution in [1.29, 1.82) is 0 Å². The molecule has 2 aromatic carbocycles. The standard InChI is InChI=1S/C21H24O4S/c1-23-17-12-21(13-17,20(22)25-3)16-9-10-18(24-2)19(11-16)26-14-15-7-5-4-6-8-15/h4-11,17H,12-14H2,1-3H3. The summed E-state index contributed by atoms with van der Waals surface area (Å²) in [5, 5.41) is 0. The Morgan fingerprint density at radius 3 is 2.46 bits per heavy atom. The molecule has 0 atom stereocenters. The van der Waals surface area contributed by atoms with Gasteiger partial charge >= 0.3 is 5.97 Å². The zero-order chi connectivity index (χ0) is 18.6. The molecule has 1 aliphatic rings. The highest BCUT2D eigenvalue weighted by atomic mass is 32.2. The van der Waals surface area contributed by atoms with E-state index in [0.29, 0.717) is 12.8 Å². The Morgan fingerprint density at radius 1 is 1.12 bits per heavy atom. The maximum Gasteiger partial charge on any atom is 0.316 e. The smallest absolute Gasteiger partial charge is 0.316 e. The van der Waals surface area contributed by atoms with Crippen molar-refractivity contribution in [3.63, 3.8) is 0 Å². The first kappa shape index (κ1) is 18.8. The molecule has 1 saturated carbocycles. The van der Waals surface area contributed by atoms with E-state index in [1.165, 1.54) is 12.7 Å². The summed E-state index contributed by atoms with van der Waals surface area (Å²) in [5.74, 6) is 1.46. The number of hydrogen-bond acceptors (Lipinski definition) is 5. The van der Waals surface area contributed by atoms with Gasteiger partial charge in [-0.15, -0.1) is 11.8 Å². The van der Waals surface area contributed by atoms with Crippen LogP contribution in [-0.2, 0) is 25.4 Å². The van der Waals surface area contributed by atoms with Crippen molar-refractivity contribution < 1.29 is 19.0 Å². The predicted octanol–water partition coefficient (Wildman–Crippen LogP) is 4.21. The van der Waals surface area contributed by atoms with E-state index < -0.39 is 5.41 Å². The van der Waals surface area contributed by atoms with Gasteiger partial charge in [-0.05, 0) is 36.1 Å². The third kappa shape index (κ3) is 3.60. The monoisotopic (exact) mass is 372 g/mol. The van der Waals surface area contributed by atoms with Crippen LogP contribution in [0.1, 0.15) is 24.0 Å². The number of hydrogen-bond donors (Lipinski definition) is 0. The lowest BCUT2D eigenvalue weighted by Gasteiger charge is -2.44. The molecular weight excluding hydrogens is 348 g/mol. The summed E-state index contributed by atoms with van der Waals surface area (Å²) in [6.07, 6.45) is 1.38. The molecule has 2 aromatic rings. The van der Waals surface area contributed by atoms with Crippen LogP contribution in [0.2, 0.25) is 0 Å². The normalized spacial score (nSPS) is 21.7. The summed E-state index contributed by atoms with van der Waals surface area (Å²) in [5.41, 5.74) is 1.59. The van der Waals surface area contributed by atoms with Crippen LogP contribution in [0.15, 0.2) is 53.4 Å². The van der Waals surface area contributed by atoms with Crippen molar-refractivity contribution in [2.45, 2.75) is 35.0 Å². The number of esters is 1. The largest absolute Gasteiger partial charge is 0.496 e. The minimum Gasteiger partial charge on any atom is -0.496 e. The van der Waals surface area contributed by atoms with E-state index in [2.05, 4.69) is 18.2 Å². The Morgan fingerprint density at radius 2 is 1.85 bits per heavy atom. The van der Waals surface area contributed by atoms with Crippen molar-refractivity contribution in [1.82, 2.24) is 0 Å². The van der Waals surface area contributed by atoms with Gasteiger partial charge in [0.15, 0.2) is 0 Å². The van der Waals surface area contributed by atoms with E-state index in [1.54, 1.807) is 26.0 Å². The zero-order valence-corrected chi connectivity index (χ0v) is 16.2. The number of methoxy groups -OCH3 is 3. The van der Waals surface area contributed by atoms with Crippen molar-refractivity contribution in [2.75, 3.05) is 21.3 Å². The molecule has 0 N–H and O–H groups in total. The van der Waals surface area contributed by atoms with E-state index >= 15 is 0 Å². The third-order valence-electron chi connectivity index (χ3n) is 5.02. The van der Waals surface area contributed by atoms with E-state index in [4.69, 9.17) is 14.2 Å². The minimum atomic E-state index is -0.621. The SMILES string of the molecule is COC(=O)C1(c2ccc(OC)c(SCc3ccccc3)c2)CC(OC)C1. The molecule has 0 radical (unpaired) electrons. The van der Waals surface area contributed by atoms with Gasteiger partial charge in [-0.3, -0.25) is 4.79 Å².